The summed E-state index contributed by atoms with van der Waals surface area (Å²) in [6.45, 7) is 3.01. The molecular weight excluding hydrogens is 819 g/mol. The molecule has 0 radical (unpaired) electrons. The first-order chi connectivity index (χ1) is 29.8. The van der Waals surface area contributed by atoms with Crippen molar-refractivity contribution in [3.63, 3.8) is 0 Å². The highest BCUT2D eigenvalue weighted by Crippen LogP contribution is 2.47. The number of hydrogen-bond acceptors (Lipinski definition) is 13. The van der Waals surface area contributed by atoms with Crippen molar-refractivity contribution in [3.8, 4) is 0 Å². The quantitative estimate of drug-likeness (QED) is 0.0108. The summed E-state index contributed by atoms with van der Waals surface area (Å²) in [5, 5.41) is 60.1. The Bertz CT molecular complexity index is 1420. The lowest BCUT2D eigenvalue weighted by molar-refractivity contribution is -0.220. The number of allylic oxidation sites excluding steroid dienone is 12. The van der Waals surface area contributed by atoms with Gasteiger partial charge in [-0.25, -0.2) is 4.57 Å². The van der Waals surface area contributed by atoms with Crippen molar-refractivity contribution in [2.75, 3.05) is 13.2 Å². The molecule has 4 unspecified atom stereocenters. The summed E-state index contributed by atoms with van der Waals surface area (Å²) in [6.07, 6.45) is 29.6. The molecule has 1 saturated carbocycles. The molecule has 0 aliphatic heterocycles. The minimum absolute atomic E-state index is 0.0126. The van der Waals surface area contributed by atoms with Gasteiger partial charge in [-0.05, 0) is 70.6 Å². The zero-order valence-corrected chi connectivity index (χ0v) is 37.9. The minimum Gasteiger partial charge on any atom is -0.462 e. The van der Waals surface area contributed by atoms with E-state index in [9.17, 15) is 49.7 Å². The molecule has 1 aliphatic rings. The molecule has 0 aromatic heterocycles. The molecule has 14 nitrogen and oxygen atoms in total. The first kappa shape index (κ1) is 57.0. The maximum atomic E-state index is 12.8. The number of aliphatic hydroxyl groups excluding tert-OH is 6. The van der Waals surface area contributed by atoms with Crippen LogP contribution in [0.3, 0.4) is 0 Å². The number of phosphoric acid groups is 1. The van der Waals surface area contributed by atoms with Crippen LogP contribution in [0.1, 0.15) is 136 Å². The fraction of sp³-hybridized carbons (Fsp3) is 0.660. The van der Waals surface area contributed by atoms with Gasteiger partial charge < -0.3 is 45.0 Å². The Morgan fingerprint density at radius 2 is 1.15 bits per heavy atom. The molecule has 7 N–H and O–H groups in total. The van der Waals surface area contributed by atoms with Gasteiger partial charge in [0.2, 0.25) is 0 Å². The van der Waals surface area contributed by atoms with Gasteiger partial charge in [0.25, 0.3) is 0 Å². The third-order valence-electron chi connectivity index (χ3n) is 9.81. The number of ether oxygens (including phenoxy) is 2. The van der Waals surface area contributed by atoms with Gasteiger partial charge in [0, 0.05) is 12.8 Å². The van der Waals surface area contributed by atoms with E-state index in [0.717, 1.165) is 57.8 Å². The Hall–Kier alpha value is -3.01. The van der Waals surface area contributed by atoms with Crippen molar-refractivity contribution in [2.24, 2.45) is 0 Å². The van der Waals surface area contributed by atoms with Crippen molar-refractivity contribution in [2.45, 2.75) is 185 Å². The fourth-order valence-electron chi connectivity index (χ4n) is 6.15. The SMILES string of the molecule is CC/C=C\C/C=C\CC(O)/C=C/C=C\C/C=C\C/C=C\CCC(=O)OC[C@H](COP(=O)(O)OC1[C@H](O)[C@H](O)C(O)[C@H](O)[C@H]1O)OC(=O)CCCCCCC/C=C\CCCCCC. The molecule has 0 saturated heterocycles. The molecule has 1 fully saturated rings. The molecule has 0 amide bonds. The second-order valence-electron chi connectivity index (χ2n) is 15.4. The molecule has 62 heavy (non-hydrogen) atoms. The highest BCUT2D eigenvalue weighted by Gasteiger charge is 2.51. The number of rotatable bonds is 35. The largest absolute Gasteiger partial charge is 0.472 e. The number of phosphoric ester groups is 1. The number of carbonyl (C=O) groups is 2. The number of hydrogen-bond donors (Lipinski definition) is 7. The normalized spacial score (nSPS) is 23.2. The van der Waals surface area contributed by atoms with Gasteiger partial charge in [-0.1, -0.05) is 137 Å². The van der Waals surface area contributed by atoms with Crippen LogP contribution in [0.5, 0.6) is 0 Å². The lowest BCUT2D eigenvalue weighted by Crippen LogP contribution is -2.64. The molecule has 354 valence electrons. The van der Waals surface area contributed by atoms with E-state index in [2.05, 4.69) is 38.2 Å². The van der Waals surface area contributed by atoms with Gasteiger partial charge in [-0.3, -0.25) is 18.6 Å². The van der Waals surface area contributed by atoms with E-state index >= 15 is 0 Å². The topological polar surface area (TPSA) is 230 Å². The number of aliphatic hydroxyl groups is 6. The lowest BCUT2D eigenvalue weighted by atomic mass is 9.85. The van der Waals surface area contributed by atoms with Crippen LogP contribution in [0.2, 0.25) is 0 Å². The molecule has 15 heteroatoms. The Morgan fingerprint density at radius 1 is 0.597 bits per heavy atom. The summed E-state index contributed by atoms with van der Waals surface area (Å²) in [7, 11) is -5.15. The van der Waals surface area contributed by atoms with Crippen LogP contribution in [0.15, 0.2) is 85.1 Å². The number of unbranched alkanes of at least 4 members (excludes halogenated alkanes) is 9. The Morgan fingerprint density at radius 3 is 1.81 bits per heavy atom. The average molecular weight is 897 g/mol. The van der Waals surface area contributed by atoms with Crippen molar-refractivity contribution in [3.05, 3.63) is 85.1 Å². The second kappa shape index (κ2) is 36.3. The molecule has 0 heterocycles. The summed E-state index contributed by atoms with van der Waals surface area (Å²) >= 11 is 0. The van der Waals surface area contributed by atoms with Gasteiger partial charge in [0.1, 0.15) is 43.2 Å². The summed E-state index contributed by atoms with van der Waals surface area (Å²) in [5.41, 5.74) is 0. The van der Waals surface area contributed by atoms with E-state index in [-0.39, 0.29) is 12.8 Å². The number of esters is 2. The first-order valence-corrected chi connectivity index (χ1v) is 24.0. The van der Waals surface area contributed by atoms with Crippen LogP contribution in [0.4, 0.5) is 0 Å². The van der Waals surface area contributed by atoms with Crippen molar-refractivity contribution in [1.29, 1.82) is 0 Å². The summed E-state index contributed by atoms with van der Waals surface area (Å²) in [6, 6.07) is 0. The summed E-state index contributed by atoms with van der Waals surface area (Å²) < 4.78 is 33.4. The Kier molecular flexibility index (Phi) is 33.4. The lowest BCUT2D eigenvalue weighted by Gasteiger charge is -2.41. The fourth-order valence-corrected chi connectivity index (χ4v) is 7.13. The van der Waals surface area contributed by atoms with Gasteiger partial charge >= 0.3 is 19.8 Å². The predicted molar refractivity (Wildman–Crippen MR) is 241 cm³/mol. The smallest absolute Gasteiger partial charge is 0.462 e. The highest BCUT2D eigenvalue weighted by molar-refractivity contribution is 7.47. The van der Waals surface area contributed by atoms with E-state index < -0.39 is 81.8 Å². The number of carbonyl (C=O) groups excluding carboxylic acids is 2. The molecule has 0 bridgehead atoms. The van der Waals surface area contributed by atoms with Gasteiger partial charge in [-0.2, -0.15) is 0 Å². The third kappa shape index (κ3) is 28.6. The van der Waals surface area contributed by atoms with Crippen molar-refractivity contribution in [1.82, 2.24) is 0 Å². The van der Waals surface area contributed by atoms with E-state index in [4.69, 9.17) is 18.5 Å². The average Bonchev–Trinajstić information content (AvgIpc) is 3.25. The van der Waals surface area contributed by atoms with E-state index in [1.807, 2.05) is 54.7 Å². The van der Waals surface area contributed by atoms with E-state index in [1.165, 1.54) is 25.7 Å². The molecule has 0 aromatic carbocycles. The molecule has 9 atom stereocenters. The van der Waals surface area contributed by atoms with E-state index in [0.29, 0.717) is 25.7 Å². The molecule has 0 spiro atoms. The van der Waals surface area contributed by atoms with Crippen LogP contribution < -0.4 is 0 Å². The molecule has 0 aromatic rings. The standard InChI is InChI=1S/C47H77O14P/c1-3-5-7-9-11-12-13-14-15-20-23-27-31-35-41(50)60-39(37-59-62(56,57)61-47-45(54)43(52)42(51)44(53)46(47)55)36-58-40(49)34-30-26-22-19-17-16-18-21-25-29-33-38(48)32-28-24-10-8-6-4-2/h6,8,12-13,16-17,21-22,24-26,28-29,33,38-39,42-48,51-55H,3-5,7,9-11,14-15,18-20,23,27,30-32,34-37H2,1-2H3,(H,56,57)/b8-6-,13-12-,17-16-,25-21-,26-22-,28-24-,33-29+/t38?,39-,42?,43-,44+,45-,46-,47?/m1/s1. The van der Waals surface area contributed by atoms with Crippen LogP contribution in [-0.2, 0) is 32.7 Å². The van der Waals surface area contributed by atoms with Gasteiger partial charge in [-0.15, -0.1) is 0 Å². The van der Waals surface area contributed by atoms with Crippen LogP contribution in [0.25, 0.3) is 0 Å². The zero-order chi connectivity index (χ0) is 45.9. The van der Waals surface area contributed by atoms with Crippen LogP contribution in [0, 0.1) is 0 Å². The molecule has 1 rings (SSSR count). The molecular formula is C47H77O14P. The Balaban J connectivity index is 2.56. The summed E-state index contributed by atoms with van der Waals surface area (Å²) in [4.78, 5) is 35.6. The predicted octanol–water partition coefficient (Wildman–Crippen LogP) is 7.47. The maximum Gasteiger partial charge on any atom is 0.472 e. The first-order valence-electron chi connectivity index (χ1n) is 22.5. The highest BCUT2D eigenvalue weighted by atomic mass is 31.2. The van der Waals surface area contributed by atoms with Crippen molar-refractivity contribution >= 4 is 19.8 Å². The summed E-state index contributed by atoms with van der Waals surface area (Å²) in [5.74, 6) is -1.25. The van der Waals surface area contributed by atoms with Gasteiger partial charge in [0.05, 0.1) is 12.7 Å². The minimum atomic E-state index is -5.15. The van der Waals surface area contributed by atoms with Gasteiger partial charge in [0.15, 0.2) is 6.10 Å². The maximum absolute atomic E-state index is 12.8. The van der Waals surface area contributed by atoms with Crippen molar-refractivity contribution < 1.29 is 68.2 Å². The third-order valence-corrected chi connectivity index (χ3v) is 10.8. The van der Waals surface area contributed by atoms with Crippen LogP contribution >= 0.6 is 7.82 Å². The zero-order valence-electron chi connectivity index (χ0n) is 37.0. The van der Waals surface area contributed by atoms with Crippen LogP contribution in [-0.4, -0.2) is 110 Å². The Labute approximate surface area is 370 Å². The second-order valence-corrected chi connectivity index (χ2v) is 16.8. The monoisotopic (exact) mass is 897 g/mol. The molecule has 1 aliphatic carbocycles. The van der Waals surface area contributed by atoms with E-state index in [1.54, 1.807) is 6.08 Å².